The van der Waals surface area contributed by atoms with Crippen LogP contribution >= 0.6 is 0 Å². The third-order valence-electron chi connectivity index (χ3n) is 3.65. The number of amides is 1. The lowest BCUT2D eigenvalue weighted by Crippen LogP contribution is -2.42. The number of hydrogen-bond donors (Lipinski definition) is 1. The minimum absolute atomic E-state index is 0.140. The first-order valence-corrected chi connectivity index (χ1v) is 7.04. The summed E-state index contributed by atoms with van der Waals surface area (Å²) in [4.78, 5) is 24.8. The Bertz CT molecular complexity index is 283. The van der Waals surface area contributed by atoms with Crippen LogP contribution in [0.4, 0.5) is 0 Å². The molecule has 0 radical (unpaired) electrons. The molecule has 0 aromatic carbocycles. The second-order valence-corrected chi connectivity index (χ2v) is 5.46. The first-order chi connectivity index (χ1) is 8.52. The fourth-order valence-corrected chi connectivity index (χ4v) is 2.61. The number of rotatable bonds is 6. The molecule has 4 nitrogen and oxygen atoms in total. The highest BCUT2D eigenvalue weighted by Gasteiger charge is 2.27. The second-order valence-electron chi connectivity index (χ2n) is 5.46. The predicted molar refractivity (Wildman–Crippen MR) is 70.3 cm³/mol. The van der Waals surface area contributed by atoms with Gasteiger partial charge in [-0.3, -0.25) is 9.59 Å². The van der Waals surface area contributed by atoms with Gasteiger partial charge in [0, 0.05) is 24.9 Å². The van der Waals surface area contributed by atoms with Gasteiger partial charge >= 0.3 is 5.97 Å². The summed E-state index contributed by atoms with van der Waals surface area (Å²) in [6.45, 7) is 4.57. The lowest BCUT2D eigenvalue weighted by molar-refractivity contribution is -0.140. The average molecular weight is 255 g/mol. The van der Waals surface area contributed by atoms with Gasteiger partial charge in [0.05, 0.1) is 0 Å². The van der Waals surface area contributed by atoms with Crippen LogP contribution in [0.2, 0.25) is 0 Å². The van der Waals surface area contributed by atoms with Crippen molar-refractivity contribution in [3.63, 3.8) is 0 Å². The molecule has 0 atom stereocenters. The van der Waals surface area contributed by atoms with Crippen molar-refractivity contribution in [3.8, 4) is 0 Å². The highest BCUT2D eigenvalue weighted by molar-refractivity contribution is 5.79. The highest BCUT2D eigenvalue weighted by atomic mass is 16.4. The zero-order chi connectivity index (χ0) is 13.5. The molecular formula is C14H25NO3. The van der Waals surface area contributed by atoms with Gasteiger partial charge in [0.1, 0.15) is 0 Å². The quantitative estimate of drug-likeness (QED) is 0.793. The minimum Gasteiger partial charge on any atom is -0.481 e. The SMILES string of the molecule is CC(C)N(CCCC(=O)O)C(=O)C1CCCCC1. The predicted octanol–water partition coefficient (Wildman–Crippen LogP) is 2.67. The molecule has 0 aromatic rings. The maximum Gasteiger partial charge on any atom is 0.303 e. The maximum absolute atomic E-state index is 12.4. The molecule has 0 spiro atoms. The lowest BCUT2D eigenvalue weighted by atomic mass is 9.88. The van der Waals surface area contributed by atoms with Crippen LogP contribution in [0.1, 0.15) is 58.8 Å². The molecule has 0 aromatic heterocycles. The van der Waals surface area contributed by atoms with Gasteiger partial charge < -0.3 is 10.0 Å². The number of nitrogens with zero attached hydrogens (tertiary/aromatic N) is 1. The Balaban J connectivity index is 2.48. The van der Waals surface area contributed by atoms with E-state index in [4.69, 9.17) is 5.11 Å². The van der Waals surface area contributed by atoms with Crippen molar-refractivity contribution in [2.75, 3.05) is 6.54 Å². The molecule has 1 aliphatic carbocycles. The van der Waals surface area contributed by atoms with Gasteiger partial charge in [-0.15, -0.1) is 0 Å². The molecule has 0 aliphatic heterocycles. The first-order valence-electron chi connectivity index (χ1n) is 7.04. The Morgan fingerprint density at radius 2 is 1.83 bits per heavy atom. The molecule has 18 heavy (non-hydrogen) atoms. The molecule has 1 N–H and O–H groups in total. The molecule has 1 aliphatic rings. The van der Waals surface area contributed by atoms with Gasteiger partial charge in [-0.2, -0.15) is 0 Å². The molecule has 0 saturated heterocycles. The Hall–Kier alpha value is -1.06. The van der Waals surface area contributed by atoms with Crippen molar-refractivity contribution in [3.05, 3.63) is 0 Å². The summed E-state index contributed by atoms with van der Waals surface area (Å²) in [7, 11) is 0. The van der Waals surface area contributed by atoms with Crippen LogP contribution in [0.5, 0.6) is 0 Å². The molecule has 1 fully saturated rings. The maximum atomic E-state index is 12.4. The Morgan fingerprint density at radius 3 is 2.33 bits per heavy atom. The van der Waals surface area contributed by atoms with Gasteiger partial charge in [-0.25, -0.2) is 0 Å². The first kappa shape index (κ1) is 15.0. The van der Waals surface area contributed by atoms with E-state index in [1.807, 2.05) is 18.7 Å². The van der Waals surface area contributed by atoms with Crippen LogP contribution in [0.25, 0.3) is 0 Å². The van der Waals surface area contributed by atoms with Crippen LogP contribution in [0.15, 0.2) is 0 Å². The van der Waals surface area contributed by atoms with E-state index in [0.717, 1.165) is 25.7 Å². The summed E-state index contributed by atoms with van der Waals surface area (Å²) in [5.74, 6) is -0.384. The normalized spacial score (nSPS) is 16.8. The van der Waals surface area contributed by atoms with Crippen molar-refractivity contribution >= 4 is 11.9 Å². The molecule has 0 unspecified atom stereocenters. The van der Waals surface area contributed by atoms with Crippen molar-refractivity contribution in [1.29, 1.82) is 0 Å². The van der Waals surface area contributed by atoms with E-state index >= 15 is 0 Å². The summed E-state index contributed by atoms with van der Waals surface area (Å²) in [6.07, 6.45) is 6.23. The lowest BCUT2D eigenvalue weighted by Gasteiger charge is -2.32. The van der Waals surface area contributed by atoms with Gasteiger partial charge in [-0.05, 0) is 33.1 Å². The number of carboxylic acid groups (broad SMARTS) is 1. The monoisotopic (exact) mass is 255 g/mol. The van der Waals surface area contributed by atoms with E-state index in [-0.39, 0.29) is 24.3 Å². The largest absolute Gasteiger partial charge is 0.481 e. The highest BCUT2D eigenvalue weighted by Crippen LogP contribution is 2.26. The number of aliphatic carboxylic acids is 1. The molecule has 1 rings (SSSR count). The summed E-state index contributed by atoms with van der Waals surface area (Å²) in [6, 6.07) is 0.160. The van der Waals surface area contributed by atoms with Crippen LogP contribution in [0.3, 0.4) is 0 Å². The van der Waals surface area contributed by atoms with E-state index in [9.17, 15) is 9.59 Å². The van der Waals surface area contributed by atoms with Gasteiger partial charge in [0.25, 0.3) is 0 Å². The fourth-order valence-electron chi connectivity index (χ4n) is 2.61. The summed E-state index contributed by atoms with van der Waals surface area (Å²) >= 11 is 0. The molecular weight excluding hydrogens is 230 g/mol. The molecule has 104 valence electrons. The van der Waals surface area contributed by atoms with Gasteiger partial charge in [0.2, 0.25) is 5.91 Å². The van der Waals surface area contributed by atoms with Gasteiger partial charge in [-0.1, -0.05) is 19.3 Å². The zero-order valence-corrected chi connectivity index (χ0v) is 11.5. The van der Waals surface area contributed by atoms with E-state index in [1.165, 1.54) is 6.42 Å². The number of carboxylic acids is 1. The van der Waals surface area contributed by atoms with Crippen molar-refractivity contribution in [1.82, 2.24) is 4.90 Å². The van der Waals surface area contributed by atoms with E-state index < -0.39 is 5.97 Å². The standard InChI is InChI=1S/C14H25NO3/c1-11(2)15(10-6-9-13(16)17)14(18)12-7-4-3-5-8-12/h11-12H,3-10H2,1-2H3,(H,16,17). The van der Waals surface area contributed by atoms with Crippen LogP contribution < -0.4 is 0 Å². The number of carbonyl (C=O) groups is 2. The Morgan fingerprint density at radius 1 is 1.22 bits per heavy atom. The average Bonchev–Trinajstić information content (AvgIpc) is 2.34. The third kappa shape index (κ3) is 4.67. The van der Waals surface area contributed by atoms with Crippen LogP contribution in [-0.2, 0) is 9.59 Å². The van der Waals surface area contributed by atoms with E-state index in [2.05, 4.69) is 0 Å². The minimum atomic E-state index is -0.788. The second kappa shape index (κ2) is 7.39. The van der Waals surface area contributed by atoms with Gasteiger partial charge in [0.15, 0.2) is 0 Å². The Kier molecular flexibility index (Phi) is 6.16. The molecule has 1 amide bonds. The fraction of sp³-hybridized carbons (Fsp3) is 0.857. The molecule has 0 bridgehead atoms. The number of carbonyl (C=O) groups excluding carboxylic acids is 1. The van der Waals surface area contributed by atoms with Crippen molar-refractivity contribution in [2.24, 2.45) is 5.92 Å². The number of hydrogen-bond acceptors (Lipinski definition) is 2. The van der Waals surface area contributed by atoms with Crippen LogP contribution in [0, 0.1) is 5.92 Å². The van der Waals surface area contributed by atoms with Crippen LogP contribution in [-0.4, -0.2) is 34.5 Å². The Labute approximate surface area is 109 Å². The molecule has 0 heterocycles. The summed E-state index contributed by atoms with van der Waals surface area (Å²) in [5.41, 5.74) is 0. The van der Waals surface area contributed by atoms with Crippen molar-refractivity contribution < 1.29 is 14.7 Å². The third-order valence-corrected chi connectivity index (χ3v) is 3.65. The summed E-state index contributed by atoms with van der Waals surface area (Å²) < 4.78 is 0. The van der Waals surface area contributed by atoms with E-state index in [0.29, 0.717) is 13.0 Å². The van der Waals surface area contributed by atoms with Crippen molar-refractivity contribution in [2.45, 2.75) is 64.8 Å². The molecule has 4 heteroatoms. The summed E-state index contributed by atoms with van der Waals surface area (Å²) in [5, 5.41) is 8.65. The van der Waals surface area contributed by atoms with E-state index in [1.54, 1.807) is 0 Å². The smallest absolute Gasteiger partial charge is 0.303 e. The zero-order valence-electron chi connectivity index (χ0n) is 11.5. The topological polar surface area (TPSA) is 57.6 Å². The molecule has 1 saturated carbocycles.